The van der Waals surface area contributed by atoms with E-state index in [1.165, 1.54) is 30.7 Å². The summed E-state index contributed by atoms with van der Waals surface area (Å²) in [5, 5.41) is 8.91. The van der Waals surface area contributed by atoms with Gasteiger partial charge in [0.15, 0.2) is 5.78 Å². The third-order valence-corrected chi connectivity index (χ3v) is 9.25. The first-order valence-corrected chi connectivity index (χ1v) is 13.7. The molecule has 3 aliphatic rings. The predicted molar refractivity (Wildman–Crippen MR) is 127 cm³/mol. The van der Waals surface area contributed by atoms with Gasteiger partial charge in [-0.15, -0.1) is 10.2 Å². The third kappa shape index (κ3) is 3.60. The summed E-state index contributed by atoms with van der Waals surface area (Å²) in [5.74, 6) is 1.52. The molecule has 3 aromatic rings. The molecule has 0 aliphatic carbocycles. The molecule has 1 saturated heterocycles. The fraction of sp³-hybridized carbons (Fsp3) is 0.385. The Morgan fingerprint density at radius 3 is 2.63 bits per heavy atom. The topological polar surface area (TPSA) is 102 Å². The Morgan fingerprint density at radius 2 is 1.74 bits per heavy atom. The molecule has 180 valence electrons. The van der Waals surface area contributed by atoms with Crippen molar-refractivity contribution in [1.82, 2.24) is 19.7 Å². The van der Waals surface area contributed by atoms with Crippen molar-refractivity contribution >= 4 is 21.5 Å². The Hall–Kier alpha value is -3.33. The zero-order chi connectivity index (χ0) is 24.2. The molecule has 0 spiro atoms. The van der Waals surface area contributed by atoms with Crippen LogP contribution < -0.4 is 0 Å². The van der Waals surface area contributed by atoms with E-state index in [1.54, 1.807) is 23.1 Å². The summed E-state index contributed by atoms with van der Waals surface area (Å²) < 4.78 is 28.8. The normalized spacial score (nSPS) is 21.0. The number of sulfone groups is 1. The number of ketones is 1. The summed E-state index contributed by atoms with van der Waals surface area (Å²) >= 11 is 0. The molecule has 0 N–H and O–H groups in total. The highest BCUT2D eigenvalue weighted by Gasteiger charge is 2.36. The van der Waals surface area contributed by atoms with E-state index in [-0.39, 0.29) is 44.1 Å². The number of amides is 1. The Kier molecular flexibility index (Phi) is 5.32. The second-order valence-electron chi connectivity index (χ2n) is 9.57. The SMILES string of the molecule is O=C1c2ccccc2S(=O)(=O)c2cc(C(=O)N3CCCC(c4nnc5n4CCCCC5)C3)ccc21. The molecule has 6 rings (SSSR count). The van der Waals surface area contributed by atoms with Crippen LogP contribution in [-0.4, -0.2) is 52.9 Å². The van der Waals surface area contributed by atoms with Crippen LogP contribution in [0.4, 0.5) is 0 Å². The summed E-state index contributed by atoms with van der Waals surface area (Å²) in [6.07, 6.45) is 6.14. The van der Waals surface area contributed by atoms with Crippen molar-refractivity contribution in [2.45, 2.75) is 60.8 Å². The highest BCUT2D eigenvalue weighted by Crippen LogP contribution is 2.35. The van der Waals surface area contributed by atoms with Crippen molar-refractivity contribution in [1.29, 1.82) is 0 Å². The Balaban J connectivity index is 1.29. The monoisotopic (exact) mass is 490 g/mol. The second kappa shape index (κ2) is 8.41. The van der Waals surface area contributed by atoms with Crippen LogP contribution in [0.3, 0.4) is 0 Å². The average molecular weight is 491 g/mol. The number of fused-ring (bicyclic) bond motifs is 3. The predicted octanol–water partition coefficient (Wildman–Crippen LogP) is 3.40. The highest BCUT2D eigenvalue weighted by atomic mass is 32.2. The second-order valence-corrected chi connectivity index (χ2v) is 11.5. The maximum absolute atomic E-state index is 13.5. The summed E-state index contributed by atoms with van der Waals surface area (Å²) in [6.45, 7) is 2.03. The van der Waals surface area contributed by atoms with Crippen LogP contribution in [0.5, 0.6) is 0 Å². The number of rotatable bonds is 2. The number of aryl methyl sites for hydroxylation is 1. The van der Waals surface area contributed by atoms with Crippen molar-refractivity contribution in [3.8, 4) is 0 Å². The summed E-state index contributed by atoms with van der Waals surface area (Å²) in [5.41, 5.74) is 0.563. The molecule has 1 fully saturated rings. The average Bonchev–Trinajstić information content (AvgIpc) is 3.15. The number of benzene rings is 2. The number of nitrogens with zero attached hydrogens (tertiary/aromatic N) is 4. The number of likely N-dealkylation sites (tertiary alicyclic amines) is 1. The minimum absolute atomic E-state index is 0.00682. The molecule has 0 radical (unpaired) electrons. The molecule has 1 atom stereocenters. The Labute approximate surface area is 203 Å². The molecule has 0 saturated carbocycles. The van der Waals surface area contributed by atoms with E-state index in [0.29, 0.717) is 13.1 Å². The summed E-state index contributed by atoms with van der Waals surface area (Å²) in [4.78, 5) is 28.1. The molecule has 4 heterocycles. The smallest absolute Gasteiger partial charge is 0.253 e. The van der Waals surface area contributed by atoms with E-state index < -0.39 is 9.84 Å². The van der Waals surface area contributed by atoms with Gasteiger partial charge in [-0.05, 0) is 56.0 Å². The van der Waals surface area contributed by atoms with Gasteiger partial charge in [0.05, 0.1) is 9.79 Å². The standard InChI is InChI=1S/C26H26N4O4S/c31-24-19-8-3-4-9-21(19)35(33,34)22-15-17(11-12-20(22)24)26(32)29-13-6-7-18(16-29)25-28-27-23-10-2-1-5-14-30(23)25/h3-4,8-9,11-12,15,18H,1-2,5-7,10,13-14,16H2. The van der Waals surface area contributed by atoms with Crippen LogP contribution in [0.2, 0.25) is 0 Å². The maximum Gasteiger partial charge on any atom is 0.253 e. The van der Waals surface area contributed by atoms with E-state index in [2.05, 4.69) is 14.8 Å². The molecular weight excluding hydrogens is 464 g/mol. The van der Waals surface area contributed by atoms with E-state index in [1.807, 2.05) is 0 Å². The van der Waals surface area contributed by atoms with E-state index in [9.17, 15) is 18.0 Å². The van der Waals surface area contributed by atoms with Crippen LogP contribution in [0.15, 0.2) is 52.3 Å². The van der Waals surface area contributed by atoms with Crippen molar-refractivity contribution in [3.63, 3.8) is 0 Å². The van der Waals surface area contributed by atoms with Crippen LogP contribution >= 0.6 is 0 Å². The molecule has 0 bridgehead atoms. The van der Waals surface area contributed by atoms with Crippen LogP contribution in [0.25, 0.3) is 0 Å². The van der Waals surface area contributed by atoms with Gasteiger partial charge < -0.3 is 9.47 Å². The van der Waals surface area contributed by atoms with Gasteiger partial charge in [-0.25, -0.2) is 8.42 Å². The van der Waals surface area contributed by atoms with E-state index in [4.69, 9.17) is 0 Å². The summed E-state index contributed by atoms with van der Waals surface area (Å²) in [7, 11) is -3.89. The first-order chi connectivity index (χ1) is 16.9. The van der Waals surface area contributed by atoms with Crippen LogP contribution in [0, 0.1) is 0 Å². The van der Waals surface area contributed by atoms with Gasteiger partial charge in [0.2, 0.25) is 9.84 Å². The largest absolute Gasteiger partial charge is 0.338 e. The molecule has 3 aliphatic heterocycles. The fourth-order valence-electron chi connectivity index (χ4n) is 5.58. The van der Waals surface area contributed by atoms with Gasteiger partial charge in [-0.3, -0.25) is 9.59 Å². The number of hydrogen-bond acceptors (Lipinski definition) is 6. The van der Waals surface area contributed by atoms with Gasteiger partial charge in [0.1, 0.15) is 11.6 Å². The van der Waals surface area contributed by atoms with Crippen LogP contribution in [0.1, 0.15) is 76.0 Å². The van der Waals surface area contributed by atoms with Gasteiger partial charge in [0, 0.05) is 48.7 Å². The zero-order valence-electron chi connectivity index (χ0n) is 19.3. The van der Waals surface area contributed by atoms with Gasteiger partial charge in [0.25, 0.3) is 5.91 Å². The molecule has 1 amide bonds. The van der Waals surface area contributed by atoms with Crippen molar-refractivity contribution in [2.24, 2.45) is 0 Å². The number of hydrogen-bond donors (Lipinski definition) is 0. The van der Waals surface area contributed by atoms with Crippen molar-refractivity contribution < 1.29 is 18.0 Å². The Morgan fingerprint density at radius 1 is 0.914 bits per heavy atom. The number of aromatic nitrogens is 3. The van der Waals surface area contributed by atoms with Crippen molar-refractivity contribution in [2.75, 3.05) is 13.1 Å². The number of piperidine rings is 1. The maximum atomic E-state index is 13.5. The van der Waals surface area contributed by atoms with E-state index >= 15 is 0 Å². The van der Waals surface area contributed by atoms with Gasteiger partial charge in [-0.1, -0.05) is 18.6 Å². The third-order valence-electron chi connectivity index (χ3n) is 7.40. The lowest BCUT2D eigenvalue weighted by molar-refractivity contribution is 0.0702. The summed E-state index contributed by atoms with van der Waals surface area (Å²) in [6, 6.07) is 10.6. The lowest BCUT2D eigenvalue weighted by atomic mass is 9.96. The van der Waals surface area contributed by atoms with Crippen molar-refractivity contribution in [3.05, 3.63) is 70.8 Å². The molecular formula is C26H26N4O4S. The molecule has 35 heavy (non-hydrogen) atoms. The zero-order valence-corrected chi connectivity index (χ0v) is 20.1. The van der Waals surface area contributed by atoms with Crippen LogP contribution in [-0.2, 0) is 22.8 Å². The minimum Gasteiger partial charge on any atom is -0.338 e. The van der Waals surface area contributed by atoms with Gasteiger partial charge in [-0.2, -0.15) is 0 Å². The molecule has 8 nitrogen and oxygen atoms in total. The quantitative estimate of drug-likeness (QED) is 0.427. The fourth-order valence-corrected chi connectivity index (χ4v) is 7.26. The molecule has 9 heteroatoms. The number of carbonyl (C=O) groups is 2. The first kappa shape index (κ1) is 22.2. The molecule has 1 aromatic heterocycles. The number of carbonyl (C=O) groups excluding carboxylic acids is 2. The van der Waals surface area contributed by atoms with E-state index in [0.717, 1.165) is 50.3 Å². The first-order valence-electron chi connectivity index (χ1n) is 12.2. The lowest BCUT2D eigenvalue weighted by Crippen LogP contribution is -2.40. The lowest BCUT2D eigenvalue weighted by Gasteiger charge is -2.32. The highest BCUT2D eigenvalue weighted by molar-refractivity contribution is 7.91. The molecule has 2 aromatic carbocycles. The Bertz CT molecular complexity index is 1460. The molecule has 1 unspecified atom stereocenters. The minimum atomic E-state index is -3.89. The van der Waals surface area contributed by atoms with Gasteiger partial charge >= 0.3 is 0 Å².